The molecule has 0 radical (unpaired) electrons. The molecule has 1 aliphatic heterocycles. The lowest BCUT2D eigenvalue weighted by Gasteiger charge is -2.30. The van der Waals surface area contributed by atoms with Gasteiger partial charge in [0.1, 0.15) is 5.60 Å². The van der Waals surface area contributed by atoms with Crippen molar-refractivity contribution in [3.05, 3.63) is 124 Å². The van der Waals surface area contributed by atoms with E-state index in [2.05, 4.69) is 86.5 Å². The number of hydrogen-bond acceptors (Lipinski definition) is 6. The van der Waals surface area contributed by atoms with Crippen LogP contribution >= 0.6 is 27.5 Å². The highest BCUT2D eigenvalue weighted by Crippen LogP contribution is 2.31. The van der Waals surface area contributed by atoms with Gasteiger partial charge in [-0.2, -0.15) is 0 Å². The minimum absolute atomic E-state index is 0.200. The summed E-state index contributed by atoms with van der Waals surface area (Å²) in [6.45, 7) is 30.4. The van der Waals surface area contributed by atoms with Crippen molar-refractivity contribution in [3.8, 4) is 0 Å². The summed E-state index contributed by atoms with van der Waals surface area (Å²) in [5.74, 6) is 0.285. The van der Waals surface area contributed by atoms with E-state index in [-0.39, 0.29) is 17.6 Å². The number of ether oxygens (including phenoxy) is 1. The summed E-state index contributed by atoms with van der Waals surface area (Å²) in [7, 11) is 0. The number of nitrogens with one attached hydrogen (secondary N) is 2. The van der Waals surface area contributed by atoms with Gasteiger partial charge in [-0.25, -0.2) is 4.79 Å². The number of anilines is 1. The van der Waals surface area contributed by atoms with Crippen LogP contribution in [0.5, 0.6) is 0 Å². The molecular weight excluding hydrogens is 824 g/mol. The number of benzene rings is 3. The molecule has 1 heterocycles. The highest BCUT2D eigenvalue weighted by molar-refractivity contribution is 9.09. The van der Waals surface area contributed by atoms with Crippen molar-refractivity contribution in [3.63, 3.8) is 0 Å². The van der Waals surface area contributed by atoms with Crippen LogP contribution in [-0.2, 0) is 29.0 Å². The quantitative estimate of drug-likeness (QED) is 0.0770. The van der Waals surface area contributed by atoms with Crippen molar-refractivity contribution < 1.29 is 14.3 Å². The molecule has 0 aliphatic carbocycles. The van der Waals surface area contributed by atoms with Crippen LogP contribution in [0.15, 0.2) is 102 Å². The molecule has 1 aliphatic rings. The summed E-state index contributed by atoms with van der Waals surface area (Å²) in [6.07, 6.45) is 7.60. The molecule has 1 fully saturated rings. The lowest BCUT2D eigenvalue weighted by Crippen LogP contribution is -2.48. The second-order valence-corrected chi connectivity index (χ2v) is 15.7. The van der Waals surface area contributed by atoms with E-state index in [0.29, 0.717) is 13.1 Å². The Morgan fingerprint density at radius 1 is 1.00 bits per heavy atom. The Hall–Kier alpha value is -4.25. The lowest BCUT2D eigenvalue weighted by molar-refractivity contribution is -0.107. The second-order valence-electron chi connectivity index (χ2n) is 14.6. The number of amides is 2. The Morgan fingerprint density at radius 2 is 1.61 bits per heavy atom. The average molecular weight is 896 g/mol. The zero-order valence-corrected chi connectivity index (χ0v) is 40.0. The van der Waals surface area contributed by atoms with Gasteiger partial charge in [-0.15, -0.1) is 0 Å². The van der Waals surface area contributed by atoms with Crippen LogP contribution < -0.4 is 10.2 Å². The topological polar surface area (TPSA) is 101 Å². The van der Waals surface area contributed by atoms with E-state index in [4.69, 9.17) is 21.7 Å². The Labute approximate surface area is 370 Å². The van der Waals surface area contributed by atoms with Gasteiger partial charge in [0.15, 0.2) is 0 Å². The maximum Gasteiger partial charge on any atom is 0.410 e. The van der Waals surface area contributed by atoms with E-state index in [1.165, 1.54) is 29.5 Å². The Morgan fingerprint density at radius 3 is 2.12 bits per heavy atom. The summed E-state index contributed by atoms with van der Waals surface area (Å²) >= 11 is 9.46. The number of aliphatic imine (C=N–C) groups is 1. The highest BCUT2D eigenvalue weighted by Gasteiger charge is 2.23. The van der Waals surface area contributed by atoms with Gasteiger partial charge in [-0.3, -0.25) is 15.2 Å². The molecule has 0 spiro atoms. The number of rotatable bonds is 13. The fourth-order valence-electron chi connectivity index (χ4n) is 5.61. The number of aryl methyl sites for hydroxylation is 1. The Kier molecular flexibility index (Phi) is 29.4. The van der Waals surface area contributed by atoms with Crippen LogP contribution in [0.1, 0.15) is 111 Å². The van der Waals surface area contributed by atoms with Crippen molar-refractivity contribution in [2.45, 2.75) is 114 Å². The van der Waals surface area contributed by atoms with Gasteiger partial charge in [0.05, 0.1) is 12.9 Å². The second kappa shape index (κ2) is 31.6. The SMILES string of the molecule is C=CN(C=N)Cc1cccc(N(C=O)Cc2ccccc2)c1.CC.CC(C)(C)OC(=O)N1CCNCC1.CCC.CCc1cc(Cl)ccc1[C@@H](C)C(N=CCBr)=C(C)C. The first-order chi connectivity index (χ1) is 28.2. The van der Waals surface area contributed by atoms with Gasteiger partial charge >= 0.3 is 6.09 Å². The van der Waals surface area contributed by atoms with E-state index in [9.17, 15) is 9.59 Å². The van der Waals surface area contributed by atoms with Gasteiger partial charge in [0.2, 0.25) is 6.41 Å². The predicted molar refractivity (Wildman–Crippen MR) is 258 cm³/mol. The molecule has 3 aromatic rings. The fraction of sp³-hybridized carbons (Fsp3) is 0.458. The predicted octanol–water partition coefficient (Wildman–Crippen LogP) is 12.4. The fourth-order valence-corrected chi connectivity index (χ4v) is 5.95. The average Bonchev–Trinajstić information content (AvgIpc) is 3.23. The number of nitrogens with zero attached hydrogens (tertiary/aromatic N) is 4. The molecule has 11 heteroatoms. The monoisotopic (exact) mass is 894 g/mol. The van der Waals surface area contributed by atoms with Gasteiger partial charge in [0, 0.05) is 66.6 Å². The molecule has 59 heavy (non-hydrogen) atoms. The van der Waals surface area contributed by atoms with Gasteiger partial charge in [-0.05, 0) is 93.8 Å². The van der Waals surface area contributed by atoms with Crippen molar-refractivity contribution in [1.29, 1.82) is 5.41 Å². The third-order valence-corrected chi connectivity index (χ3v) is 8.80. The lowest BCUT2D eigenvalue weighted by atomic mass is 9.90. The van der Waals surface area contributed by atoms with Gasteiger partial charge in [-0.1, -0.05) is 136 Å². The zero-order chi connectivity index (χ0) is 44.8. The first kappa shape index (κ1) is 54.8. The normalized spacial score (nSPS) is 12.3. The summed E-state index contributed by atoms with van der Waals surface area (Å²) in [6, 6.07) is 23.8. The minimum atomic E-state index is -0.387. The molecule has 2 N–H and O–H groups in total. The molecule has 3 aromatic carbocycles. The largest absolute Gasteiger partial charge is 0.444 e. The third kappa shape index (κ3) is 22.6. The molecule has 0 aromatic heterocycles. The van der Waals surface area contributed by atoms with Crippen LogP contribution in [0.25, 0.3) is 0 Å². The van der Waals surface area contributed by atoms with Crippen LogP contribution in [0.4, 0.5) is 10.5 Å². The van der Waals surface area contributed by atoms with Gasteiger partial charge < -0.3 is 24.8 Å². The van der Waals surface area contributed by atoms with Gasteiger partial charge in [0.25, 0.3) is 0 Å². The minimum Gasteiger partial charge on any atom is -0.444 e. The maximum atomic E-state index is 11.5. The summed E-state index contributed by atoms with van der Waals surface area (Å²) in [4.78, 5) is 32.6. The summed E-state index contributed by atoms with van der Waals surface area (Å²) in [5, 5.41) is 12.1. The summed E-state index contributed by atoms with van der Waals surface area (Å²) < 4.78 is 5.24. The summed E-state index contributed by atoms with van der Waals surface area (Å²) in [5.41, 5.74) is 7.54. The van der Waals surface area contributed by atoms with Crippen molar-refractivity contribution in [1.82, 2.24) is 15.1 Å². The molecule has 9 nitrogen and oxygen atoms in total. The standard InChI is InChI=1S/C18H19N3O.C16H21BrClN.C9H18N2O2.C3H8.C2H6/c1-2-20(14-19)12-17-9-6-10-18(11-17)21(15-22)13-16-7-4-3-5-8-16;1-5-13-10-14(18)6-7-15(13)12(4)16(11(2)3)19-9-8-17;1-9(2,3)13-8(12)11-6-4-10-5-7-11;1-3-2;1-2/h2-11,14-15,19H,1,12-13H2;6-7,9-10,12H,5,8H2,1-4H3;10H,4-7H2,1-3H3;3H2,1-2H3;1-2H3/t;12-;;;/m.1.../s1. The molecule has 0 unspecified atom stereocenters. The van der Waals surface area contributed by atoms with Crippen molar-refractivity contribution >= 4 is 58.3 Å². The molecular formula is C48H72BrClN6O3. The number of alkyl halides is 1. The van der Waals surface area contributed by atoms with E-state index in [0.717, 1.165) is 71.9 Å². The van der Waals surface area contributed by atoms with E-state index >= 15 is 0 Å². The smallest absolute Gasteiger partial charge is 0.410 e. The molecule has 326 valence electrons. The first-order valence-electron chi connectivity index (χ1n) is 20.6. The number of carbonyl (C=O) groups is 2. The first-order valence-corrected chi connectivity index (χ1v) is 22.1. The Bertz CT molecular complexity index is 1690. The third-order valence-electron chi connectivity index (χ3n) is 8.27. The van der Waals surface area contributed by atoms with Crippen LogP contribution in [-0.4, -0.2) is 72.0 Å². The zero-order valence-electron chi connectivity index (χ0n) is 37.7. The number of hydrogen-bond donors (Lipinski definition) is 2. The number of carbonyl (C=O) groups excluding carboxylic acids is 2. The molecule has 4 rings (SSSR count). The number of allylic oxidation sites excluding steroid dienone is 2. The van der Waals surface area contributed by atoms with Crippen LogP contribution in [0.3, 0.4) is 0 Å². The molecule has 2 amide bonds. The van der Waals surface area contributed by atoms with E-state index in [1.54, 1.807) is 20.9 Å². The van der Waals surface area contributed by atoms with Crippen LogP contribution in [0, 0.1) is 5.41 Å². The van der Waals surface area contributed by atoms with Crippen molar-refractivity contribution in [2.24, 2.45) is 4.99 Å². The number of halogens is 2. The maximum absolute atomic E-state index is 11.5. The molecule has 1 saturated heterocycles. The Balaban J connectivity index is 0.000000831. The molecule has 0 bridgehead atoms. The van der Waals surface area contributed by atoms with E-state index < -0.39 is 0 Å². The molecule has 0 saturated carbocycles. The van der Waals surface area contributed by atoms with E-state index in [1.807, 2.05) is 101 Å². The van der Waals surface area contributed by atoms with Crippen LogP contribution in [0.2, 0.25) is 5.02 Å². The highest BCUT2D eigenvalue weighted by atomic mass is 79.9. The number of piperazine rings is 1. The van der Waals surface area contributed by atoms with Crippen molar-refractivity contribution in [2.75, 3.05) is 36.4 Å². The molecule has 1 atom stereocenters.